The van der Waals surface area contributed by atoms with E-state index in [1.165, 1.54) is 6.07 Å². The SMILES string of the molecule is Cn1cnc(CNc2ccc(N)c(C(=O)O)c2)n1. The first-order chi connectivity index (χ1) is 8.56. The van der Waals surface area contributed by atoms with Gasteiger partial charge >= 0.3 is 5.97 Å². The Labute approximate surface area is 103 Å². The Kier molecular flexibility index (Phi) is 3.13. The summed E-state index contributed by atoms with van der Waals surface area (Å²) in [5.41, 5.74) is 6.54. The average molecular weight is 247 g/mol. The molecule has 0 radical (unpaired) electrons. The van der Waals surface area contributed by atoms with Crippen LogP contribution in [0.1, 0.15) is 16.2 Å². The topological polar surface area (TPSA) is 106 Å². The Morgan fingerprint density at radius 3 is 2.94 bits per heavy atom. The van der Waals surface area contributed by atoms with Gasteiger partial charge in [0.15, 0.2) is 5.82 Å². The van der Waals surface area contributed by atoms with E-state index in [1.54, 1.807) is 30.2 Å². The minimum atomic E-state index is -1.05. The smallest absolute Gasteiger partial charge is 0.337 e. The Morgan fingerprint density at radius 1 is 1.56 bits per heavy atom. The monoisotopic (exact) mass is 247 g/mol. The van der Waals surface area contributed by atoms with Crippen LogP contribution in [0, 0.1) is 0 Å². The molecular weight excluding hydrogens is 234 g/mol. The van der Waals surface area contributed by atoms with Crippen molar-refractivity contribution >= 4 is 17.3 Å². The predicted molar refractivity (Wildman–Crippen MR) is 66.1 cm³/mol. The molecule has 0 saturated carbocycles. The molecule has 2 aromatic rings. The quantitative estimate of drug-likeness (QED) is 0.687. The number of rotatable bonds is 4. The zero-order valence-corrected chi connectivity index (χ0v) is 9.79. The first-order valence-electron chi connectivity index (χ1n) is 5.27. The van der Waals surface area contributed by atoms with E-state index in [1.807, 2.05) is 0 Å². The summed E-state index contributed by atoms with van der Waals surface area (Å²) < 4.78 is 1.60. The minimum Gasteiger partial charge on any atom is -0.478 e. The van der Waals surface area contributed by atoms with Crippen molar-refractivity contribution in [3.8, 4) is 0 Å². The van der Waals surface area contributed by atoms with Crippen LogP contribution in [-0.4, -0.2) is 25.8 Å². The number of carbonyl (C=O) groups is 1. The molecule has 1 aromatic carbocycles. The summed E-state index contributed by atoms with van der Waals surface area (Å²) in [6.07, 6.45) is 1.60. The van der Waals surface area contributed by atoms with Crippen molar-refractivity contribution in [3.05, 3.63) is 35.9 Å². The molecular formula is C11H13N5O2. The molecule has 0 aliphatic rings. The van der Waals surface area contributed by atoms with Gasteiger partial charge in [0, 0.05) is 18.4 Å². The van der Waals surface area contributed by atoms with E-state index in [0.717, 1.165) is 0 Å². The predicted octanol–water partition coefficient (Wildman–Crippen LogP) is 0.708. The van der Waals surface area contributed by atoms with Crippen LogP contribution in [0.25, 0.3) is 0 Å². The zero-order valence-electron chi connectivity index (χ0n) is 9.79. The molecule has 0 saturated heterocycles. The van der Waals surface area contributed by atoms with Gasteiger partial charge in [0.1, 0.15) is 6.33 Å². The van der Waals surface area contributed by atoms with E-state index in [0.29, 0.717) is 18.1 Å². The summed E-state index contributed by atoms with van der Waals surface area (Å²) >= 11 is 0. The molecule has 94 valence electrons. The fraction of sp³-hybridized carbons (Fsp3) is 0.182. The van der Waals surface area contributed by atoms with Crippen molar-refractivity contribution < 1.29 is 9.90 Å². The third-order valence-electron chi connectivity index (χ3n) is 2.38. The van der Waals surface area contributed by atoms with Gasteiger partial charge in [-0.15, -0.1) is 0 Å². The van der Waals surface area contributed by atoms with Gasteiger partial charge in [-0.25, -0.2) is 9.78 Å². The van der Waals surface area contributed by atoms with E-state index in [2.05, 4.69) is 15.4 Å². The van der Waals surface area contributed by atoms with Crippen molar-refractivity contribution in [2.75, 3.05) is 11.1 Å². The zero-order chi connectivity index (χ0) is 13.1. The number of benzene rings is 1. The minimum absolute atomic E-state index is 0.0778. The first kappa shape index (κ1) is 11.9. The summed E-state index contributed by atoms with van der Waals surface area (Å²) in [7, 11) is 1.78. The maximum atomic E-state index is 10.9. The number of nitrogens with two attached hydrogens (primary N) is 1. The van der Waals surface area contributed by atoms with Crippen molar-refractivity contribution in [2.24, 2.45) is 7.05 Å². The Bertz CT molecular complexity index is 579. The van der Waals surface area contributed by atoms with Crippen molar-refractivity contribution in [1.29, 1.82) is 0 Å². The number of carboxylic acid groups (broad SMARTS) is 1. The molecule has 0 unspecified atom stereocenters. The maximum absolute atomic E-state index is 10.9. The highest BCUT2D eigenvalue weighted by Crippen LogP contribution is 2.18. The number of aromatic nitrogens is 3. The van der Waals surface area contributed by atoms with Crippen molar-refractivity contribution in [1.82, 2.24) is 14.8 Å². The highest BCUT2D eigenvalue weighted by Gasteiger charge is 2.08. The molecule has 0 fully saturated rings. The van der Waals surface area contributed by atoms with Gasteiger partial charge in [-0.2, -0.15) is 5.10 Å². The summed E-state index contributed by atoms with van der Waals surface area (Å²) in [5.74, 6) is -0.418. The number of carboxylic acids is 1. The third-order valence-corrected chi connectivity index (χ3v) is 2.38. The molecule has 0 bridgehead atoms. The molecule has 0 atom stereocenters. The van der Waals surface area contributed by atoms with Crippen LogP contribution in [0.4, 0.5) is 11.4 Å². The van der Waals surface area contributed by atoms with Crippen LogP contribution in [0.15, 0.2) is 24.5 Å². The number of nitrogen functional groups attached to an aromatic ring is 1. The maximum Gasteiger partial charge on any atom is 0.337 e. The molecule has 7 heteroatoms. The van der Waals surface area contributed by atoms with Crippen LogP contribution < -0.4 is 11.1 Å². The van der Waals surface area contributed by atoms with Crippen LogP contribution in [0.5, 0.6) is 0 Å². The fourth-order valence-corrected chi connectivity index (χ4v) is 1.50. The number of hydrogen-bond acceptors (Lipinski definition) is 5. The van der Waals surface area contributed by atoms with E-state index >= 15 is 0 Å². The molecule has 1 heterocycles. The number of aromatic carboxylic acids is 1. The Balaban J connectivity index is 2.10. The second kappa shape index (κ2) is 4.74. The molecule has 0 aliphatic carbocycles. The fourth-order valence-electron chi connectivity index (χ4n) is 1.50. The van der Waals surface area contributed by atoms with Gasteiger partial charge in [0.2, 0.25) is 0 Å². The van der Waals surface area contributed by atoms with E-state index in [-0.39, 0.29) is 11.3 Å². The highest BCUT2D eigenvalue weighted by molar-refractivity contribution is 5.94. The summed E-state index contributed by atoms with van der Waals surface area (Å²) in [4.78, 5) is 15.0. The summed E-state index contributed by atoms with van der Waals surface area (Å²) in [6.45, 7) is 0.420. The van der Waals surface area contributed by atoms with Crippen LogP contribution in [0.2, 0.25) is 0 Å². The van der Waals surface area contributed by atoms with E-state index in [9.17, 15) is 4.79 Å². The van der Waals surface area contributed by atoms with E-state index in [4.69, 9.17) is 10.8 Å². The molecule has 0 aliphatic heterocycles. The molecule has 0 amide bonds. The molecule has 7 nitrogen and oxygen atoms in total. The number of anilines is 2. The van der Waals surface area contributed by atoms with Gasteiger partial charge in [0.05, 0.1) is 12.1 Å². The number of hydrogen-bond donors (Lipinski definition) is 3. The third kappa shape index (κ3) is 2.57. The average Bonchev–Trinajstić information content (AvgIpc) is 2.74. The lowest BCUT2D eigenvalue weighted by Gasteiger charge is -2.06. The number of aryl methyl sites for hydroxylation is 1. The van der Waals surface area contributed by atoms with Crippen LogP contribution in [-0.2, 0) is 13.6 Å². The van der Waals surface area contributed by atoms with E-state index < -0.39 is 5.97 Å². The van der Waals surface area contributed by atoms with Gasteiger partial charge in [-0.3, -0.25) is 4.68 Å². The standard InChI is InChI=1S/C11H13N5O2/c1-16-6-14-10(15-16)5-13-7-2-3-9(12)8(4-7)11(17)18/h2-4,6,13H,5,12H2,1H3,(H,17,18). The summed E-state index contributed by atoms with van der Waals surface area (Å²) in [5, 5.41) is 16.1. The van der Waals surface area contributed by atoms with Gasteiger partial charge in [-0.05, 0) is 18.2 Å². The summed E-state index contributed by atoms with van der Waals surface area (Å²) in [6, 6.07) is 4.75. The second-order valence-electron chi connectivity index (χ2n) is 3.80. The Hall–Kier alpha value is -2.57. The number of nitrogens with zero attached hydrogens (tertiary/aromatic N) is 3. The molecule has 1 aromatic heterocycles. The van der Waals surface area contributed by atoms with Gasteiger partial charge < -0.3 is 16.2 Å². The molecule has 2 rings (SSSR count). The van der Waals surface area contributed by atoms with Gasteiger partial charge in [0.25, 0.3) is 0 Å². The molecule has 4 N–H and O–H groups in total. The molecule has 0 spiro atoms. The highest BCUT2D eigenvalue weighted by atomic mass is 16.4. The van der Waals surface area contributed by atoms with Gasteiger partial charge in [-0.1, -0.05) is 0 Å². The normalized spacial score (nSPS) is 10.3. The lowest BCUT2D eigenvalue weighted by molar-refractivity contribution is 0.0698. The van der Waals surface area contributed by atoms with Crippen LogP contribution in [0.3, 0.4) is 0 Å². The van der Waals surface area contributed by atoms with Crippen molar-refractivity contribution in [2.45, 2.75) is 6.54 Å². The Morgan fingerprint density at radius 2 is 2.33 bits per heavy atom. The van der Waals surface area contributed by atoms with Crippen molar-refractivity contribution in [3.63, 3.8) is 0 Å². The number of nitrogens with one attached hydrogen (secondary N) is 1. The second-order valence-corrected chi connectivity index (χ2v) is 3.80. The lowest BCUT2D eigenvalue weighted by atomic mass is 10.1. The first-order valence-corrected chi connectivity index (χ1v) is 5.27. The largest absolute Gasteiger partial charge is 0.478 e. The lowest BCUT2D eigenvalue weighted by Crippen LogP contribution is -2.06. The van der Waals surface area contributed by atoms with Crippen LogP contribution >= 0.6 is 0 Å². The molecule has 18 heavy (non-hydrogen) atoms.